The van der Waals surface area contributed by atoms with Gasteiger partial charge in [-0.15, -0.1) is 0 Å². The Balaban J connectivity index is 2.28. The molecule has 7 heteroatoms. The van der Waals surface area contributed by atoms with Gasteiger partial charge in [0.15, 0.2) is 0 Å². The van der Waals surface area contributed by atoms with Crippen LogP contribution in [0.4, 0.5) is 5.95 Å². The minimum absolute atomic E-state index is 0.209. The SMILES string of the molecule is CC(C)C[C@](N)(C(N)=O)c1ccnc(N2CCC(O)CC2)n1. The molecule has 1 amide bonds. The molecular formula is C15H25N5O2. The molecule has 0 bridgehead atoms. The maximum absolute atomic E-state index is 11.9. The summed E-state index contributed by atoms with van der Waals surface area (Å²) in [6.07, 6.45) is 3.14. The molecule has 1 saturated heterocycles. The lowest BCUT2D eigenvalue weighted by Crippen LogP contribution is -2.50. The molecule has 1 aliphatic rings. The van der Waals surface area contributed by atoms with Gasteiger partial charge >= 0.3 is 0 Å². The summed E-state index contributed by atoms with van der Waals surface area (Å²) in [7, 11) is 0. The Bertz CT molecular complexity index is 528. The van der Waals surface area contributed by atoms with Crippen molar-refractivity contribution in [3.8, 4) is 0 Å². The van der Waals surface area contributed by atoms with Gasteiger partial charge in [0.25, 0.3) is 0 Å². The van der Waals surface area contributed by atoms with Crippen LogP contribution in [0.3, 0.4) is 0 Å². The average molecular weight is 307 g/mol. The number of piperidine rings is 1. The van der Waals surface area contributed by atoms with E-state index in [0.29, 0.717) is 44.0 Å². The summed E-state index contributed by atoms with van der Waals surface area (Å²) in [5.74, 6) is 0.158. The molecular weight excluding hydrogens is 282 g/mol. The highest BCUT2D eigenvalue weighted by Gasteiger charge is 2.37. The number of aromatic nitrogens is 2. The van der Waals surface area contributed by atoms with Crippen LogP contribution in [0.25, 0.3) is 0 Å². The number of primary amides is 1. The lowest BCUT2D eigenvalue weighted by Gasteiger charge is -2.31. The highest BCUT2D eigenvalue weighted by Crippen LogP contribution is 2.26. The van der Waals surface area contributed by atoms with E-state index in [0.717, 1.165) is 0 Å². The second-order valence-corrected chi connectivity index (χ2v) is 6.39. The second kappa shape index (κ2) is 6.58. The topological polar surface area (TPSA) is 118 Å². The fourth-order valence-electron chi connectivity index (χ4n) is 2.79. The minimum Gasteiger partial charge on any atom is -0.393 e. The molecule has 2 rings (SSSR count). The van der Waals surface area contributed by atoms with E-state index in [-0.39, 0.29) is 12.0 Å². The van der Waals surface area contributed by atoms with Crippen molar-refractivity contribution in [2.24, 2.45) is 17.4 Å². The van der Waals surface area contributed by atoms with E-state index in [4.69, 9.17) is 11.5 Å². The first kappa shape index (κ1) is 16.6. The second-order valence-electron chi connectivity index (χ2n) is 6.39. The van der Waals surface area contributed by atoms with Crippen molar-refractivity contribution in [3.63, 3.8) is 0 Å². The predicted molar refractivity (Wildman–Crippen MR) is 84.0 cm³/mol. The van der Waals surface area contributed by atoms with Crippen molar-refractivity contribution in [1.29, 1.82) is 0 Å². The minimum atomic E-state index is -1.29. The van der Waals surface area contributed by atoms with E-state index >= 15 is 0 Å². The Morgan fingerprint density at radius 1 is 1.50 bits per heavy atom. The summed E-state index contributed by atoms with van der Waals surface area (Å²) >= 11 is 0. The Labute approximate surface area is 130 Å². The molecule has 1 aliphatic heterocycles. The van der Waals surface area contributed by atoms with Crippen molar-refractivity contribution < 1.29 is 9.90 Å². The number of nitrogens with zero attached hydrogens (tertiary/aromatic N) is 3. The number of nitrogens with two attached hydrogens (primary N) is 2. The zero-order valence-electron chi connectivity index (χ0n) is 13.2. The lowest BCUT2D eigenvalue weighted by molar-refractivity contribution is -0.124. The molecule has 0 aliphatic carbocycles. The van der Waals surface area contributed by atoms with Gasteiger partial charge in [-0.3, -0.25) is 4.79 Å². The van der Waals surface area contributed by atoms with E-state index in [1.165, 1.54) is 0 Å². The maximum Gasteiger partial charge on any atom is 0.243 e. The number of rotatable bonds is 5. The number of hydrogen-bond acceptors (Lipinski definition) is 6. The first-order valence-electron chi connectivity index (χ1n) is 7.68. The smallest absolute Gasteiger partial charge is 0.243 e. The number of carbonyl (C=O) groups excluding carboxylic acids is 1. The lowest BCUT2D eigenvalue weighted by atomic mass is 9.86. The highest BCUT2D eigenvalue weighted by atomic mass is 16.3. The van der Waals surface area contributed by atoms with Crippen LogP contribution in [0.15, 0.2) is 12.3 Å². The quantitative estimate of drug-likeness (QED) is 0.711. The molecule has 1 fully saturated rings. The number of hydrogen-bond donors (Lipinski definition) is 3. The molecule has 1 aromatic rings. The van der Waals surface area contributed by atoms with Crippen LogP contribution in [-0.2, 0) is 10.3 Å². The normalized spacial score (nSPS) is 19.2. The van der Waals surface area contributed by atoms with Crippen LogP contribution < -0.4 is 16.4 Å². The van der Waals surface area contributed by atoms with Crippen molar-refractivity contribution in [2.45, 2.75) is 44.8 Å². The van der Waals surface area contributed by atoms with Gasteiger partial charge in [0.2, 0.25) is 11.9 Å². The largest absolute Gasteiger partial charge is 0.393 e. The summed E-state index contributed by atoms with van der Waals surface area (Å²) in [5.41, 5.74) is 10.9. The van der Waals surface area contributed by atoms with Crippen molar-refractivity contribution in [2.75, 3.05) is 18.0 Å². The molecule has 0 radical (unpaired) electrons. The van der Waals surface area contributed by atoms with Gasteiger partial charge in [-0.25, -0.2) is 9.97 Å². The fourth-order valence-corrected chi connectivity index (χ4v) is 2.79. The van der Waals surface area contributed by atoms with Crippen LogP contribution in [-0.4, -0.2) is 40.2 Å². The monoisotopic (exact) mass is 307 g/mol. The molecule has 1 aromatic heterocycles. The van der Waals surface area contributed by atoms with Crippen LogP contribution in [0, 0.1) is 5.92 Å². The zero-order valence-corrected chi connectivity index (χ0v) is 13.2. The van der Waals surface area contributed by atoms with Gasteiger partial charge in [-0.05, 0) is 31.2 Å². The Morgan fingerprint density at radius 2 is 2.14 bits per heavy atom. The molecule has 22 heavy (non-hydrogen) atoms. The number of anilines is 1. The summed E-state index contributed by atoms with van der Waals surface area (Å²) in [6.45, 7) is 5.34. The molecule has 2 heterocycles. The highest BCUT2D eigenvalue weighted by molar-refractivity contribution is 5.85. The summed E-state index contributed by atoms with van der Waals surface area (Å²) < 4.78 is 0. The van der Waals surface area contributed by atoms with Crippen LogP contribution in [0.1, 0.15) is 38.8 Å². The van der Waals surface area contributed by atoms with Gasteiger partial charge in [-0.2, -0.15) is 0 Å². The van der Waals surface area contributed by atoms with Gasteiger partial charge in [0, 0.05) is 19.3 Å². The Hall–Kier alpha value is -1.73. The van der Waals surface area contributed by atoms with Gasteiger partial charge in [0.05, 0.1) is 11.8 Å². The molecule has 0 spiro atoms. The molecule has 1 atom stereocenters. The standard InChI is InChI=1S/C15H25N5O2/c1-10(2)9-15(17,13(16)22)12-3-6-18-14(19-12)20-7-4-11(21)5-8-20/h3,6,10-11,21H,4-5,7-9,17H2,1-2H3,(H2,16,22)/t15-/m1/s1. The third-order valence-corrected chi connectivity index (χ3v) is 4.02. The van der Waals surface area contributed by atoms with Crippen molar-refractivity contribution in [1.82, 2.24) is 9.97 Å². The number of aliphatic hydroxyl groups is 1. The number of aliphatic hydroxyl groups excluding tert-OH is 1. The number of carbonyl (C=O) groups is 1. The third-order valence-electron chi connectivity index (χ3n) is 4.02. The average Bonchev–Trinajstić information content (AvgIpc) is 2.47. The maximum atomic E-state index is 11.9. The van der Waals surface area contributed by atoms with Crippen LogP contribution in [0.5, 0.6) is 0 Å². The first-order chi connectivity index (χ1) is 10.3. The first-order valence-corrected chi connectivity index (χ1v) is 7.68. The molecule has 7 nitrogen and oxygen atoms in total. The molecule has 0 aromatic carbocycles. The Kier molecular flexibility index (Phi) is 4.97. The summed E-state index contributed by atoms with van der Waals surface area (Å²) in [6, 6.07) is 1.65. The van der Waals surface area contributed by atoms with E-state index in [1.807, 2.05) is 18.7 Å². The van der Waals surface area contributed by atoms with Gasteiger partial charge in [0.1, 0.15) is 5.54 Å². The molecule has 5 N–H and O–H groups in total. The van der Waals surface area contributed by atoms with Crippen molar-refractivity contribution >= 4 is 11.9 Å². The van der Waals surface area contributed by atoms with Crippen LogP contribution in [0.2, 0.25) is 0 Å². The summed E-state index contributed by atoms with van der Waals surface area (Å²) in [4.78, 5) is 22.6. The van der Waals surface area contributed by atoms with E-state index in [1.54, 1.807) is 12.3 Å². The predicted octanol–water partition coefficient (Wildman–Crippen LogP) is 0.123. The van der Waals surface area contributed by atoms with E-state index in [9.17, 15) is 9.90 Å². The zero-order chi connectivity index (χ0) is 16.3. The Morgan fingerprint density at radius 3 is 2.68 bits per heavy atom. The third kappa shape index (κ3) is 3.53. The van der Waals surface area contributed by atoms with Crippen LogP contribution >= 0.6 is 0 Å². The molecule has 0 saturated carbocycles. The van der Waals surface area contributed by atoms with Crippen molar-refractivity contribution in [3.05, 3.63) is 18.0 Å². The van der Waals surface area contributed by atoms with E-state index in [2.05, 4.69) is 9.97 Å². The number of amides is 1. The van der Waals surface area contributed by atoms with Gasteiger partial charge < -0.3 is 21.5 Å². The molecule has 122 valence electrons. The molecule has 0 unspecified atom stereocenters. The van der Waals surface area contributed by atoms with E-state index < -0.39 is 11.4 Å². The fraction of sp³-hybridized carbons (Fsp3) is 0.667. The summed E-state index contributed by atoms with van der Waals surface area (Å²) in [5, 5.41) is 9.58. The van der Waals surface area contributed by atoms with Gasteiger partial charge in [-0.1, -0.05) is 13.8 Å².